The normalized spacial score (nSPS) is 23.5. The molecule has 2 fully saturated rings. The number of urea groups is 1. The maximum absolute atomic E-state index is 13.0. The number of imide groups is 1. The van der Waals surface area contributed by atoms with E-state index in [1.165, 1.54) is 6.92 Å². The molecule has 28 heavy (non-hydrogen) atoms. The summed E-state index contributed by atoms with van der Waals surface area (Å²) in [6, 6.07) is 7.09. The Morgan fingerprint density at radius 1 is 1.29 bits per heavy atom. The largest absolute Gasteiger partial charge is 0.406 e. The molecule has 1 heterocycles. The number of carbonyl (C=O) groups is 3. The predicted molar refractivity (Wildman–Crippen MR) is 94.0 cm³/mol. The molecule has 1 aromatic rings. The van der Waals surface area contributed by atoms with Crippen molar-refractivity contribution in [3.8, 4) is 0 Å². The van der Waals surface area contributed by atoms with Gasteiger partial charge in [0.1, 0.15) is 18.6 Å². The van der Waals surface area contributed by atoms with Crippen molar-refractivity contribution in [1.29, 1.82) is 0 Å². The van der Waals surface area contributed by atoms with Gasteiger partial charge in [-0.2, -0.15) is 13.2 Å². The number of benzene rings is 1. The lowest BCUT2D eigenvalue weighted by molar-refractivity contribution is -0.166. The van der Waals surface area contributed by atoms with Gasteiger partial charge in [0.2, 0.25) is 5.91 Å². The van der Waals surface area contributed by atoms with Gasteiger partial charge in [0.05, 0.1) is 0 Å². The Morgan fingerprint density at radius 3 is 2.43 bits per heavy atom. The van der Waals surface area contributed by atoms with E-state index in [4.69, 9.17) is 0 Å². The molecular formula is C19H22F3N3O3. The van der Waals surface area contributed by atoms with E-state index >= 15 is 0 Å². The first-order chi connectivity index (χ1) is 13.0. The van der Waals surface area contributed by atoms with Crippen LogP contribution in [0.4, 0.5) is 18.0 Å². The predicted octanol–water partition coefficient (Wildman–Crippen LogP) is 2.64. The Morgan fingerprint density at radius 2 is 1.89 bits per heavy atom. The second-order valence-electron chi connectivity index (χ2n) is 7.53. The Hall–Kier alpha value is -2.58. The monoisotopic (exact) mass is 397 g/mol. The maximum Gasteiger partial charge on any atom is 0.406 e. The summed E-state index contributed by atoms with van der Waals surface area (Å²) in [7, 11) is 0. The molecule has 2 aliphatic rings. The first-order valence-corrected chi connectivity index (χ1v) is 9.09. The highest BCUT2D eigenvalue weighted by atomic mass is 19.4. The lowest BCUT2D eigenvalue weighted by atomic mass is 9.92. The second-order valence-corrected chi connectivity index (χ2v) is 7.53. The molecule has 0 radical (unpaired) electrons. The SMILES string of the molecule is C[C@H](C1CC1)N(CC(F)(F)F)C(=O)CN1C(=O)N[C@](C)(c2ccccc2)C1=O. The van der Waals surface area contributed by atoms with Crippen LogP contribution < -0.4 is 5.32 Å². The molecule has 0 bridgehead atoms. The molecule has 1 N–H and O–H groups in total. The molecule has 0 unspecified atom stereocenters. The van der Waals surface area contributed by atoms with Gasteiger partial charge >= 0.3 is 12.2 Å². The van der Waals surface area contributed by atoms with Crippen LogP contribution in [0.5, 0.6) is 0 Å². The summed E-state index contributed by atoms with van der Waals surface area (Å²) >= 11 is 0. The zero-order valence-electron chi connectivity index (χ0n) is 15.6. The molecule has 1 aliphatic carbocycles. The smallest absolute Gasteiger partial charge is 0.329 e. The maximum atomic E-state index is 13.0. The minimum absolute atomic E-state index is 0.0176. The van der Waals surface area contributed by atoms with E-state index in [2.05, 4.69) is 5.32 Å². The van der Waals surface area contributed by atoms with Crippen molar-refractivity contribution in [2.75, 3.05) is 13.1 Å². The van der Waals surface area contributed by atoms with Crippen LogP contribution in [0.15, 0.2) is 30.3 Å². The number of nitrogens with one attached hydrogen (secondary N) is 1. The van der Waals surface area contributed by atoms with Crippen LogP contribution >= 0.6 is 0 Å². The van der Waals surface area contributed by atoms with Gasteiger partial charge in [-0.15, -0.1) is 0 Å². The lowest BCUT2D eigenvalue weighted by Gasteiger charge is -2.31. The van der Waals surface area contributed by atoms with E-state index in [1.54, 1.807) is 37.3 Å². The number of carbonyl (C=O) groups excluding carboxylic acids is 3. The summed E-state index contributed by atoms with van der Waals surface area (Å²) in [5, 5.41) is 2.55. The van der Waals surface area contributed by atoms with Crippen molar-refractivity contribution in [2.45, 2.75) is 44.4 Å². The fourth-order valence-electron chi connectivity index (χ4n) is 3.52. The highest BCUT2D eigenvalue weighted by Crippen LogP contribution is 2.36. The molecule has 152 valence electrons. The average Bonchev–Trinajstić information content (AvgIpc) is 3.44. The Balaban J connectivity index is 1.78. The van der Waals surface area contributed by atoms with Crippen LogP contribution in [0.1, 0.15) is 32.3 Å². The Labute approximate surface area is 160 Å². The van der Waals surface area contributed by atoms with E-state index in [-0.39, 0.29) is 5.92 Å². The number of alkyl halides is 3. The molecule has 1 saturated carbocycles. The van der Waals surface area contributed by atoms with E-state index in [1.807, 2.05) is 0 Å². The highest BCUT2D eigenvalue weighted by Gasteiger charge is 2.50. The van der Waals surface area contributed by atoms with Crippen LogP contribution in [-0.2, 0) is 15.1 Å². The van der Waals surface area contributed by atoms with Crippen molar-refractivity contribution in [3.63, 3.8) is 0 Å². The van der Waals surface area contributed by atoms with Crippen molar-refractivity contribution >= 4 is 17.8 Å². The van der Waals surface area contributed by atoms with Gasteiger partial charge in [-0.25, -0.2) is 4.79 Å². The van der Waals surface area contributed by atoms with Gasteiger partial charge in [-0.1, -0.05) is 30.3 Å². The number of hydrogen-bond donors (Lipinski definition) is 1. The second kappa shape index (κ2) is 7.10. The molecule has 1 saturated heterocycles. The number of rotatable bonds is 6. The number of amides is 4. The number of hydrogen-bond acceptors (Lipinski definition) is 3. The van der Waals surface area contributed by atoms with E-state index < -0.39 is 48.7 Å². The topological polar surface area (TPSA) is 69.7 Å². The average molecular weight is 397 g/mol. The van der Waals surface area contributed by atoms with E-state index in [9.17, 15) is 27.6 Å². The van der Waals surface area contributed by atoms with Crippen LogP contribution in [0, 0.1) is 5.92 Å². The summed E-state index contributed by atoms with van der Waals surface area (Å²) in [4.78, 5) is 39.2. The Kier molecular flexibility index (Phi) is 5.12. The van der Waals surface area contributed by atoms with Crippen LogP contribution in [0.2, 0.25) is 0 Å². The van der Waals surface area contributed by atoms with E-state index in [0.717, 1.165) is 17.7 Å². The van der Waals surface area contributed by atoms with Gasteiger partial charge in [-0.05, 0) is 38.2 Å². The summed E-state index contributed by atoms with van der Waals surface area (Å²) in [5.41, 5.74) is -0.836. The Bertz CT molecular complexity index is 780. The summed E-state index contributed by atoms with van der Waals surface area (Å²) in [6.45, 7) is 0.956. The fourth-order valence-corrected chi connectivity index (χ4v) is 3.52. The van der Waals surface area contributed by atoms with Crippen molar-refractivity contribution < 1.29 is 27.6 Å². The minimum atomic E-state index is -4.56. The summed E-state index contributed by atoms with van der Waals surface area (Å²) in [6.07, 6.45) is -3.04. The van der Waals surface area contributed by atoms with Crippen molar-refractivity contribution in [3.05, 3.63) is 35.9 Å². The lowest BCUT2D eigenvalue weighted by Crippen LogP contribution is -2.50. The molecule has 0 spiro atoms. The zero-order chi connectivity index (χ0) is 20.7. The molecule has 9 heteroatoms. The molecule has 3 rings (SSSR count). The third-order valence-electron chi connectivity index (χ3n) is 5.39. The minimum Gasteiger partial charge on any atom is -0.329 e. The summed E-state index contributed by atoms with van der Waals surface area (Å²) in [5.74, 6) is -1.54. The first kappa shape index (κ1) is 20.2. The first-order valence-electron chi connectivity index (χ1n) is 9.09. The molecular weight excluding hydrogens is 375 g/mol. The van der Waals surface area contributed by atoms with E-state index in [0.29, 0.717) is 10.5 Å². The zero-order valence-corrected chi connectivity index (χ0v) is 15.6. The highest BCUT2D eigenvalue weighted by molar-refractivity contribution is 6.09. The third-order valence-corrected chi connectivity index (χ3v) is 5.39. The molecule has 2 atom stereocenters. The molecule has 1 aliphatic heterocycles. The van der Waals surface area contributed by atoms with Crippen LogP contribution in [0.25, 0.3) is 0 Å². The van der Waals surface area contributed by atoms with Crippen molar-refractivity contribution in [2.24, 2.45) is 5.92 Å². The quantitative estimate of drug-likeness (QED) is 0.751. The molecule has 6 nitrogen and oxygen atoms in total. The molecule has 1 aromatic carbocycles. The van der Waals surface area contributed by atoms with Gasteiger partial charge in [0.15, 0.2) is 0 Å². The third kappa shape index (κ3) is 3.98. The molecule has 4 amide bonds. The number of nitrogens with zero attached hydrogens (tertiary/aromatic N) is 2. The fraction of sp³-hybridized carbons (Fsp3) is 0.526. The van der Waals surface area contributed by atoms with Gasteiger partial charge in [0.25, 0.3) is 5.91 Å². The standard InChI is InChI=1S/C19H22F3N3O3/c1-12(13-8-9-13)25(11-19(20,21)22)15(26)10-24-16(27)18(2,23-17(24)28)14-6-4-3-5-7-14/h3-7,12-13H,8-11H2,1-2H3,(H,23,28)/t12-,18-/m1/s1. The number of halogens is 3. The van der Waals surface area contributed by atoms with Crippen LogP contribution in [0.3, 0.4) is 0 Å². The van der Waals surface area contributed by atoms with Gasteiger partial charge in [0, 0.05) is 6.04 Å². The van der Waals surface area contributed by atoms with Gasteiger partial charge in [-0.3, -0.25) is 14.5 Å². The summed E-state index contributed by atoms with van der Waals surface area (Å²) < 4.78 is 38.9. The van der Waals surface area contributed by atoms with Crippen molar-refractivity contribution in [1.82, 2.24) is 15.1 Å². The van der Waals surface area contributed by atoms with Crippen LogP contribution in [-0.4, -0.2) is 53.0 Å². The van der Waals surface area contributed by atoms with Gasteiger partial charge < -0.3 is 10.2 Å². The molecule has 0 aromatic heterocycles.